The molecule has 1 aliphatic heterocycles. The first-order valence-electron chi connectivity index (χ1n) is 9.28. The van der Waals surface area contributed by atoms with Gasteiger partial charge in [0.05, 0.1) is 16.8 Å². The molecule has 0 amide bonds. The quantitative estimate of drug-likeness (QED) is 0.548. The normalized spacial score (nSPS) is 20.9. The number of hydrogen-bond donors (Lipinski definition) is 0. The second-order valence-electron chi connectivity index (χ2n) is 7.19. The Bertz CT molecular complexity index is 1200. The van der Waals surface area contributed by atoms with Crippen molar-refractivity contribution in [2.45, 2.75) is 18.7 Å². The van der Waals surface area contributed by atoms with Gasteiger partial charge in [-0.1, -0.05) is 42.5 Å². The molecular formula is C22H15F3N2O2S. The van der Waals surface area contributed by atoms with E-state index in [1.165, 1.54) is 23.5 Å². The third-order valence-electron chi connectivity index (χ3n) is 5.06. The van der Waals surface area contributed by atoms with Crippen LogP contribution in [0.25, 0.3) is 10.5 Å². The third kappa shape index (κ3) is 3.47. The molecule has 2 atom stereocenters. The van der Waals surface area contributed by atoms with Crippen LogP contribution in [0.4, 0.5) is 13.2 Å². The van der Waals surface area contributed by atoms with E-state index in [2.05, 4.69) is 4.98 Å². The van der Waals surface area contributed by atoms with Gasteiger partial charge >= 0.3 is 12.1 Å². The van der Waals surface area contributed by atoms with E-state index in [1.807, 2.05) is 36.6 Å². The number of rotatable bonds is 3. The molecule has 0 spiro atoms. The van der Waals surface area contributed by atoms with Gasteiger partial charge in [0.15, 0.2) is 4.96 Å². The Labute approximate surface area is 173 Å². The van der Waals surface area contributed by atoms with Crippen molar-refractivity contribution in [1.29, 1.82) is 0 Å². The van der Waals surface area contributed by atoms with Gasteiger partial charge in [-0.25, -0.2) is 9.78 Å². The molecule has 30 heavy (non-hydrogen) atoms. The number of fused-ring (bicyclic) bond motifs is 2. The Kier molecular flexibility index (Phi) is 4.39. The number of aromatic nitrogens is 2. The van der Waals surface area contributed by atoms with Crippen molar-refractivity contribution in [3.05, 3.63) is 88.7 Å². The Morgan fingerprint density at radius 2 is 2.00 bits per heavy atom. The largest absolute Gasteiger partial charge is 0.454 e. The van der Waals surface area contributed by atoms with Crippen molar-refractivity contribution in [2.75, 3.05) is 0 Å². The summed E-state index contributed by atoms with van der Waals surface area (Å²) in [5.41, 5.74) is 0.873. The molecule has 2 aromatic heterocycles. The summed E-state index contributed by atoms with van der Waals surface area (Å²) < 4.78 is 46.0. The zero-order valence-corrected chi connectivity index (χ0v) is 16.3. The molecule has 1 aliphatic carbocycles. The number of benzene rings is 1. The average molecular weight is 428 g/mol. The summed E-state index contributed by atoms with van der Waals surface area (Å²) in [6.45, 7) is 0. The highest BCUT2D eigenvalue weighted by molar-refractivity contribution is 7.17. The number of nitrogens with zero attached hydrogens (tertiary/aromatic N) is 2. The highest BCUT2D eigenvalue weighted by Gasteiger charge is 2.32. The molecular weight excluding hydrogens is 413 g/mol. The fraction of sp³-hybridized carbons (Fsp3) is 0.182. The molecule has 3 aromatic rings. The smallest absolute Gasteiger partial charge is 0.416 e. The number of ether oxygens (including phenoxy) is 1. The third-order valence-corrected chi connectivity index (χ3v) is 6.06. The second kappa shape index (κ2) is 6.98. The lowest BCUT2D eigenvalue weighted by Gasteiger charge is -2.26. The fourth-order valence-electron chi connectivity index (χ4n) is 3.62. The van der Waals surface area contributed by atoms with Gasteiger partial charge in [0.2, 0.25) is 0 Å². The summed E-state index contributed by atoms with van der Waals surface area (Å²) >= 11 is 1.38. The van der Waals surface area contributed by atoms with E-state index in [9.17, 15) is 18.0 Å². The van der Waals surface area contributed by atoms with Crippen LogP contribution in [0, 0.1) is 5.92 Å². The predicted molar refractivity (Wildman–Crippen MR) is 107 cm³/mol. The minimum absolute atomic E-state index is 0.0149. The van der Waals surface area contributed by atoms with E-state index in [0.717, 1.165) is 10.9 Å². The van der Waals surface area contributed by atoms with E-state index in [0.29, 0.717) is 28.2 Å². The van der Waals surface area contributed by atoms with Gasteiger partial charge in [0, 0.05) is 29.6 Å². The Balaban J connectivity index is 1.40. The Morgan fingerprint density at radius 1 is 1.17 bits per heavy atom. The zero-order valence-electron chi connectivity index (χ0n) is 15.5. The molecule has 0 radical (unpaired) electrons. The summed E-state index contributed by atoms with van der Waals surface area (Å²) in [4.78, 5) is 18.5. The summed E-state index contributed by atoms with van der Waals surface area (Å²) in [6, 6.07) is 5.32. The van der Waals surface area contributed by atoms with Gasteiger partial charge in [-0.05, 0) is 17.7 Å². The number of carbonyl (C=O) groups is 1. The first-order chi connectivity index (χ1) is 14.4. The van der Waals surface area contributed by atoms with Gasteiger partial charge in [-0.2, -0.15) is 13.2 Å². The summed E-state index contributed by atoms with van der Waals surface area (Å²) in [6.07, 6.45) is 8.77. The Hall–Kier alpha value is -3.13. The number of allylic oxidation sites excluding steroid dienone is 2. The molecule has 8 heteroatoms. The topological polar surface area (TPSA) is 43.6 Å². The van der Waals surface area contributed by atoms with E-state index < -0.39 is 17.7 Å². The second-order valence-corrected chi connectivity index (χ2v) is 8.28. The van der Waals surface area contributed by atoms with Crippen LogP contribution >= 0.6 is 11.3 Å². The lowest BCUT2D eigenvalue weighted by Crippen LogP contribution is -2.29. The average Bonchev–Trinajstić information content (AvgIpc) is 3.25. The highest BCUT2D eigenvalue weighted by atomic mass is 32.1. The number of alkyl halides is 3. The summed E-state index contributed by atoms with van der Waals surface area (Å²) in [5.74, 6) is -0.426. The monoisotopic (exact) mass is 428 g/mol. The van der Waals surface area contributed by atoms with Crippen LogP contribution < -0.4 is 0 Å². The van der Waals surface area contributed by atoms with Crippen LogP contribution in [0.2, 0.25) is 0 Å². The standard InChI is InChI=1S/C22H15F3N2O2S/c23-22(24,25)15-6-3-4-13(8-15)9-16-11-27-12-18(26-21(27)30-16)17-10-14-5-1-2-7-19(14)29-20(17)28/h1-8,10-12,14,19H,9H2/t14-,19+/m1/s1. The first kappa shape index (κ1) is 18.9. The molecule has 3 heterocycles. The molecule has 1 aromatic carbocycles. The maximum absolute atomic E-state index is 12.9. The maximum atomic E-state index is 12.9. The lowest BCUT2D eigenvalue weighted by atomic mass is 9.92. The zero-order chi connectivity index (χ0) is 20.9. The summed E-state index contributed by atoms with van der Waals surface area (Å²) in [7, 11) is 0. The predicted octanol–water partition coefficient (Wildman–Crippen LogP) is 5.06. The van der Waals surface area contributed by atoms with E-state index in [4.69, 9.17) is 4.74 Å². The van der Waals surface area contributed by atoms with Gasteiger partial charge in [0.25, 0.3) is 0 Å². The number of carbonyl (C=O) groups excluding carboxylic acids is 1. The Morgan fingerprint density at radius 3 is 2.80 bits per heavy atom. The van der Waals surface area contributed by atoms with Crippen molar-refractivity contribution in [1.82, 2.24) is 9.38 Å². The SMILES string of the molecule is O=C1O[C@H]2C=CC=C[C@@H]2C=C1c1cn2cc(Cc3cccc(C(F)(F)F)c3)sc2n1. The molecule has 4 nitrogen and oxygen atoms in total. The molecule has 152 valence electrons. The van der Waals surface area contributed by atoms with Gasteiger partial charge in [-0.15, -0.1) is 11.3 Å². The maximum Gasteiger partial charge on any atom is 0.416 e. The number of hydrogen-bond acceptors (Lipinski definition) is 4. The van der Waals surface area contributed by atoms with Gasteiger partial charge in [0.1, 0.15) is 6.10 Å². The number of thiazole rings is 1. The van der Waals surface area contributed by atoms with Crippen LogP contribution in [0.1, 0.15) is 21.7 Å². The molecule has 0 N–H and O–H groups in total. The molecule has 0 bridgehead atoms. The molecule has 0 fully saturated rings. The number of halogens is 3. The minimum Gasteiger partial charge on any atom is -0.454 e. The molecule has 2 aliphatic rings. The van der Waals surface area contributed by atoms with Crippen molar-refractivity contribution < 1.29 is 22.7 Å². The molecule has 0 unspecified atom stereocenters. The molecule has 5 rings (SSSR count). The van der Waals surface area contributed by atoms with E-state index in [1.54, 1.807) is 16.7 Å². The first-order valence-corrected chi connectivity index (χ1v) is 10.1. The fourth-order valence-corrected chi connectivity index (χ4v) is 4.62. The van der Waals surface area contributed by atoms with Crippen LogP contribution in [-0.2, 0) is 22.1 Å². The minimum atomic E-state index is -4.36. The van der Waals surface area contributed by atoms with Crippen molar-refractivity contribution in [2.24, 2.45) is 5.92 Å². The van der Waals surface area contributed by atoms with Crippen molar-refractivity contribution >= 4 is 27.8 Å². The van der Waals surface area contributed by atoms with Crippen molar-refractivity contribution in [3.63, 3.8) is 0 Å². The van der Waals surface area contributed by atoms with Crippen LogP contribution in [0.5, 0.6) is 0 Å². The molecule has 0 saturated heterocycles. The lowest BCUT2D eigenvalue weighted by molar-refractivity contribution is -0.141. The summed E-state index contributed by atoms with van der Waals surface area (Å²) in [5, 5.41) is 0. The molecule has 0 saturated carbocycles. The van der Waals surface area contributed by atoms with Gasteiger partial charge in [-0.3, -0.25) is 4.40 Å². The van der Waals surface area contributed by atoms with Crippen molar-refractivity contribution in [3.8, 4) is 0 Å². The highest BCUT2D eigenvalue weighted by Crippen LogP contribution is 2.32. The van der Waals surface area contributed by atoms with Crippen LogP contribution in [0.15, 0.2) is 67.0 Å². The van der Waals surface area contributed by atoms with E-state index >= 15 is 0 Å². The van der Waals surface area contributed by atoms with Crippen LogP contribution in [0.3, 0.4) is 0 Å². The number of imidazole rings is 1. The van der Waals surface area contributed by atoms with Gasteiger partial charge < -0.3 is 4.74 Å². The number of esters is 1. The van der Waals surface area contributed by atoms with Crippen LogP contribution in [-0.4, -0.2) is 21.5 Å². The van der Waals surface area contributed by atoms with E-state index in [-0.39, 0.29) is 12.0 Å².